The van der Waals surface area contributed by atoms with Gasteiger partial charge in [0.1, 0.15) is 17.5 Å². The molecule has 2 aliphatic heterocycles. The van der Waals surface area contributed by atoms with E-state index in [4.69, 9.17) is 15.1 Å². The number of benzene rings is 1. The van der Waals surface area contributed by atoms with E-state index in [-0.39, 0.29) is 24.6 Å². The number of anilines is 4. The minimum absolute atomic E-state index is 0.0341. The van der Waals surface area contributed by atoms with Crippen molar-refractivity contribution in [3.63, 3.8) is 0 Å². The third-order valence-corrected chi connectivity index (χ3v) is 6.83. The van der Waals surface area contributed by atoms with Gasteiger partial charge in [0.05, 0.1) is 38.1 Å². The van der Waals surface area contributed by atoms with E-state index in [1.54, 1.807) is 17.2 Å². The third kappa shape index (κ3) is 4.69. The maximum absolute atomic E-state index is 12.6. The minimum Gasteiger partial charge on any atom is -0.394 e. The lowest BCUT2D eigenvalue weighted by atomic mass is 9.98. The van der Waals surface area contributed by atoms with Gasteiger partial charge in [-0.3, -0.25) is 9.89 Å². The molecule has 1 unspecified atom stereocenters. The predicted molar refractivity (Wildman–Crippen MR) is 139 cm³/mol. The molecule has 10 nitrogen and oxygen atoms in total. The number of nitrogens with one attached hydrogen (secondary N) is 3. The number of piperidine rings is 1. The van der Waals surface area contributed by atoms with Crippen molar-refractivity contribution in [3.05, 3.63) is 48.2 Å². The SMILES string of the molecule is C[C@@H]1COCCN1c1cc(-c2ccc(N3C(=O)CCCC3CO)cc2)c(C=N)c(Nc2ccn[nH]2)n1. The summed E-state index contributed by atoms with van der Waals surface area (Å²) in [5.74, 6) is 2.06. The van der Waals surface area contributed by atoms with E-state index < -0.39 is 0 Å². The van der Waals surface area contributed by atoms with Crippen LogP contribution in [0.25, 0.3) is 11.1 Å². The van der Waals surface area contributed by atoms with Crippen molar-refractivity contribution in [1.29, 1.82) is 5.41 Å². The molecule has 2 fully saturated rings. The molecule has 188 valence electrons. The summed E-state index contributed by atoms with van der Waals surface area (Å²) in [5.41, 5.74) is 3.17. The van der Waals surface area contributed by atoms with E-state index in [2.05, 4.69) is 27.3 Å². The molecule has 2 atom stereocenters. The number of carbonyl (C=O) groups excluding carboxylic acids is 1. The second kappa shape index (κ2) is 10.5. The van der Waals surface area contributed by atoms with Crippen LogP contribution in [0.2, 0.25) is 0 Å². The topological polar surface area (TPSA) is 130 Å². The average Bonchev–Trinajstić information content (AvgIpc) is 3.41. The van der Waals surface area contributed by atoms with Gasteiger partial charge in [0.15, 0.2) is 0 Å². The smallest absolute Gasteiger partial charge is 0.227 e. The number of ether oxygens (including phenoxy) is 1. The summed E-state index contributed by atoms with van der Waals surface area (Å²) < 4.78 is 5.62. The standard InChI is InChI=1S/C26H31N7O3/c1-17-16-36-12-11-32(17)24-13-21(22(14-27)26(30-24)29-23-9-10-28-31-23)18-5-7-19(8-6-18)33-20(15-34)3-2-4-25(33)35/h5-10,13-14,17,20,27,34H,2-4,11-12,15-16H2,1H3,(H2,28,29,30,31)/t17-,20?/m1/s1. The first-order valence-corrected chi connectivity index (χ1v) is 12.3. The second-order valence-electron chi connectivity index (χ2n) is 9.19. The van der Waals surface area contributed by atoms with Gasteiger partial charge in [-0.15, -0.1) is 0 Å². The zero-order valence-corrected chi connectivity index (χ0v) is 20.3. The number of pyridine rings is 1. The molecular formula is C26H31N7O3. The van der Waals surface area contributed by atoms with Gasteiger partial charge in [-0.1, -0.05) is 12.1 Å². The van der Waals surface area contributed by atoms with E-state index in [0.717, 1.165) is 42.0 Å². The molecular weight excluding hydrogens is 458 g/mol. The fourth-order valence-corrected chi connectivity index (χ4v) is 4.96. The van der Waals surface area contributed by atoms with E-state index in [1.165, 1.54) is 6.21 Å². The highest BCUT2D eigenvalue weighted by molar-refractivity contribution is 5.98. The van der Waals surface area contributed by atoms with E-state index >= 15 is 0 Å². The van der Waals surface area contributed by atoms with Crippen molar-refractivity contribution in [1.82, 2.24) is 15.2 Å². The van der Waals surface area contributed by atoms with E-state index in [9.17, 15) is 9.90 Å². The van der Waals surface area contributed by atoms with E-state index in [0.29, 0.717) is 36.8 Å². The Morgan fingerprint density at radius 1 is 1.31 bits per heavy atom. The van der Waals surface area contributed by atoms with Gasteiger partial charge in [-0.05, 0) is 49.1 Å². The number of aromatic nitrogens is 3. The average molecular weight is 490 g/mol. The number of aromatic amines is 1. The summed E-state index contributed by atoms with van der Waals surface area (Å²) in [4.78, 5) is 21.4. The quantitative estimate of drug-likeness (QED) is 0.375. The maximum atomic E-state index is 12.6. The summed E-state index contributed by atoms with van der Waals surface area (Å²) >= 11 is 0. The second-order valence-corrected chi connectivity index (χ2v) is 9.19. The van der Waals surface area contributed by atoms with Crippen molar-refractivity contribution in [2.24, 2.45) is 0 Å². The summed E-state index contributed by atoms with van der Waals surface area (Å²) in [6.07, 6.45) is 5.03. The van der Waals surface area contributed by atoms with Crippen LogP contribution in [0.3, 0.4) is 0 Å². The fourth-order valence-electron chi connectivity index (χ4n) is 4.96. The number of morpholine rings is 1. The number of rotatable bonds is 7. The number of carbonyl (C=O) groups is 1. The number of aliphatic hydroxyl groups is 1. The molecule has 4 heterocycles. The van der Waals surface area contributed by atoms with Gasteiger partial charge in [0.2, 0.25) is 5.91 Å². The van der Waals surface area contributed by atoms with Crippen LogP contribution in [-0.2, 0) is 9.53 Å². The highest BCUT2D eigenvalue weighted by Gasteiger charge is 2.29. The largest absolute Gasteiger partial charge is 0.394 e. The van der Waals surface area contributed by atoms with Gasteiger partial charge < -0.3 is 30.4 Å². The van der Waals surface area contributed by atoms with E-state index in [1.807, 2.05) is 30.3 Å². The molecule has 0 aliphatic carbocycles. The van der Waals surface area contributed by atoms with Gasteiger partial charge in [-0.25, -0.2) is 4.98 Å². The monoisotopic (exact) mass is 489 g/mol. The number of amides is 1. The minimum atomic E-state index is -0.199. The normalized spacial score (nSPS) is 20.4. The molecule has 0 spiro atoms. The lowest BCUT2D eigenvalue weighted by Gasteiger charge is -2.35. The van der Waals surface area contributed by atoms with Crippen molar-refractivity contribution in [3.8, 4) is 11.1 Å². The zero-order valence-electron chi connectivity index (χ0n) is 20.3. The highest BCUT2D eigenvalue weighted by atomic mass is 16.5. The molecule has 1 aromatic carbocycles. The molecule has 36 heavy (non-hydrogen) atoms. The molecule has 2 aromatic heterocycles. The van der Waals surface area contributed by atoms with Gasteiger partial charge in [0.25, 0.3) is 0 Å². The zero-order chi connectivity index (χ0) is 25.1. The Labute approximate surface area is 209 Å². The Balaban J connectivity index is 1.56. The number of nitrogens with zero attached hydrogens (tertiary/aromatic N) is 4. The Morgan fingerprint density at radius 3 is 2.83 bits per heavy atom. The lowest BCUT2D eigenvalue weighted by Crippen LogP contribution is -2.45. The Bertz CT molecular complexity index is 1210. The molecule has 10 heteroatoms. The number of aliphatic hydroxyl groups excluding tert-OH is 1. The number of H-pyrrole nitrogens is 1. The first kappa shape index (κ1) is 24.0. The van der Waals surface area contributed by atoms with Crippen molar-refractivity contribution in [2.75, 3.05) is 41.5 Å². The molecule has 0 saturated carbocycles. The van der Waals surface area contributed by atoms with Crippen LogP contribution < -0.4 is 15.1 Å². The van der Waals surface area contributed by atoms with Crippen molar-refractivity contribution >= 4 is 35.3 Å². The molecule has 5 rings (SSSR count). The summed E-state index contributed by atoms with van der Waals surface area (Å²) in [5, 5.41) is 28.2. The van der Waals surface area contributed by atoms with Crippen molar-refractivity contribution < 1.29 is 14.6 Å². The van der Waals surface area contributed by atoms with Crippen LogP contribution in [0.4, 0.5) is 23.1 Å². The van der Waals surface area contributed by atoms with Crippen LogP contribution in [0.1, 0.15) is 31.7 Å². The number of hydrogen-bond donors (Lipinski definition) is 4. The van der Waals surface area contributed by atoms with Gasteiger partial charge >= 0.3 is 0 Å². The van der Waals surface area contributed by atoms with Crippen LogP contribution >= 0.6 is 0 Å². The van der Waals surface area contributed by atoms with Crippen LogP contribution in [0.5, 0.6) is 0 Å². The van der Waals surface area contributed by atoms with Crippen LogP contribution in [0.15, 0.2) is 42.6 Å². The Morgan fingerprint density at radius 2 is 2.14 bits per heavy atom. The van der Waals surface area contributed by atoms with Crippen LogP contribution in [-0.4, -0.2) is 70.9 Å². The molecule has 2 aliphatic rings. The maximum Gasteiger partial charge on any atom is 0.227 e. The van der Waals surface area contributed by atoms with Crippen LogP contribution in [0, 0.1) is 5.41 Å². The summed E-state index contributed by atoms with van der Waals surface area (Å²) in [6, 6.07) is 11.5. The first-order valence-electron chi connectivity index (χ1n) is 12.3. The third-order valence-electron chi connectivity index (χ3n) is 6.83. The molecule has 2 saturated heterocycles. The number of hydrogen-bond acceptors (Lipinski definition) is 8. The molecule has 0 radical (unpaired) electrons. The molecule has 4 N–H and O–H groups in total. The first-order chi connectivity index (χ1) is 17.6. The molecule has 1 amide bonds. The fraction of sp³-hybridized carbons (Fsp3) is 0.385. The summed E-state index contributed by atoms with van der Waals surface area (Å²) in [6.45, 7) is 4.02. The van der Waals surface area contributed by atoms with Gasteiger partial charge in [0, 0.05) is 36.5 Å². The highest BCUT2D eigenvalue weighted by Crippen LogP contribution is 2.35. The predicted octanol–water partition coefficient (Wildman–Crippen LogP) is 3.32. The van der Waals surface area contributed by atoms with Gasteiger partial charge in [-0.2, -0.15) is 5.10 Å². The summed E-state index contributed by atoms with van der Waals surface area (Å²) in [7, 11) is 0. The molecule has 0 bridgehead atoms. The Kier molecular flexibility index (Phi) is 6.97. The Hall–Kier alpha value is -3.76. The van der Waals surface area contributed by atoms with Crippen molar-refractivity contribution in [2.45, 2.75) is 38.3 Å². The molecule has 3 aromatic rings. The lowest BCUT2D eigenvalue weighted by molar-refractivity contribution is -0.120.